The van der Waals surface area contributed by atoms with Crippen LogP contribution in [0.3, 0.4) is 0 Å². The maximum Gasteiger partial charge on any atom is 0.213 e. The predicted octanol–water partition coefficient (Wildman–Crippen LogP) is 6.94. The minimum atomic E-state index is -0.0759. The number of imidazole rings is 1. The van der Waals surface area contributed by atoms with E-state index in [-0.39, 0.29) is 22.8 Å². The van der Waals surface area contributed by atoms with Crippen LogP contribution >= 0.6 is 28.3 Å². The zero-order valence-electron chi connectivity index (χ0n) is 17.4. The summed E-state index contributed by atoms with van der Waals surface area (Å²) >= 11 is 1.53. The molecule has 32 heavy (non-hydrogen) atoms. The van der Waals surface area contributed by atoms with Gasteiger partial charge in [0.15, 0.2) is 4.96 Å². The van der Waals surface area contributed by atoms with E-state index in [1.54, 1.807) is 0 Å². The van der Waals surface area contributed by atoms with Gasteiger partial charge in [-0.15, -0.1) is 28.3 Å². The number of fused-ring (bicyclic) bond motifs is 1. The van der Waals surface area contributed by atoms with Crippen molar-refractivity contribution >= 4 is 39.1 Å². The average Bonchev–Trinajstić information content (AvgIpc) is 3.40. The van der Waals surface area contributed by atoms with Crippen LogP contribution in [0.4, 0.5) is 0 Å². The van der Waals surface area contributed by atoms with Gasteiger partial charge >= 0.3 is 0 Å². The van der Waals surface area contributed by atoms with E-state index in [2.05, 4.69) is 9.78 Å². The number of carbonyl (C=O) groups is 1. The summed E-state index contributed by atoms with van der Waals surface area (Å²) in [7, 11) is 0. The summed E-state index contributed by atoms with van der Waals surface area (Å²) in [5.41, 5.74) is 4.92. The number of rotatable bonds is 6. The minimum Gasteiger partial charge on any atom is -0.494 e. The molecule has 0 fully saturated rings. The van der Waals surface area contributed by atoms with Gasteiger partial charge < -0.3 is 4.74 Å². The van der Waals surface area contributed by atoms with Crippen LogP contribution in [0.1, 0.15) is 23.0 Å². The number of benzene rings is 3. The molecule has 0 amide bonds. The van der Waals surface area contributed by atoms with Gasteiger partial charge in [0, 0.05) is 16.5 Å². The lowest BCUT2D eigenvalue weighted by atomic mass is 10.0. The van der Waals surface area contributed by atoms with Gasteiger partial charge in [-0.25, -0.2) is 4.98 Å². The molecule has 0 aliphatic carbocycles. The van der Waals surface area contributed by atoms with Crippen molar-refractivity contribution in [3.8, 4) is 28.3 Å². The van der Waals surface area contributed by atoms with Crippen LogP contribution in [0.25, 0.3) is 27.5 Å². The monoisotopic (exact) mass is 504 g/mol. The van der Waals surface area contributed by atoms with Gasteiger partial charge in [0.25, 0.3) is 0 Å². The third-order valence-corrected chi connectivity index (χ3v) is 5.95. The summed E-state index contributed by atoms with van der Waals surface area (Å²) in [5, 5.41) is 2.08. The van der Waals surface area contributed by atoms with Gasteiger partial charge in [0.1, 0.15) is 11.4 Å². The van der Waals surface area contributed by atoms with Crippen molar-refractivity contribution in [2.75, 3.05) is 6.61 Å². The third kappa shape index (κ3) is 3.99. The van der Waals surface area contributed by atoms with Crippen LogP contribution in [-0.2, 0) is 0 Å². The molecular formula is C26H21BrN2O2S. The Bertz CT molecular complexity index is 1340. The van der Waals surface area contributed by atoms with Crippen molar-refractivity contribution in [2.24, 2.45) is 0 Å². The molecule has 0 radical (unpaired) electrons. The molecule has 0 atom stereocenters. The summed E-state index contributed by atoms with van der Waals surface area (Å²) in [4.78, 5) is 18.9. The molecule has 0 aliphatic heterocycles. The number of thiazole rings is 1. The Balaban J connectivity index is 0.00000245. The van der Waals surface area contributed by atoms with E-state index >= 15 is 0 Å². The van der Waals surface area contributed by atoms with Crippen molar-refractivity contribution in [3.63, 3.8) is 0 Å². The fourth-order valence-electron chi connectivity index (χ4n) is 3.70. The number of ether oxygens (including phenoxy) is 1. The number of carbonyl (C=O) groups excluding carboxylic acids is 1. The molecule has 5 rings (SSSR count). The Kier molecular flexibility index (Phi) is 6.53. The van der Waals surface area contributed by atoms with E-state index < -0.39 is 0 Å². The van der Waals surface area contributed by atoms with Crippen LogP contribution in [-0.4, -0.2) is 21.8 Å². The highest BCUT2D eigenvalue weighted by Gasteiger charge is 2.24. The molecule has 0 saturated carbocycles. The topological polar surface area (TPSA) is 43.6 Å². The third-order valence-electron chi connectivity index (χ3n) is 5.12. The zero-order chi connectivity index (χ0) is 21.2. The fraction of sp³-hybridized carbons (Fsp3) is 0.0769. The van der Waals surface area contributed by atoms with E-state index in [9.17, 15) is 4.79 Å². The Hall–Kier alpha value is -3.22. The lowest BCUT2D eigenvalue weighted by Crippen LogP contribution is -2.04. The summed E-state index contributed by atoms with van der Waals surface area (Å²) in [6.45, 7) is 2.60. The maximum absolute atomic E-state index is 13.4. The molecule has 2 heterocycles. The van der Waals surface area contributed by atoms with Crippen molar-refractivity contribution in [1.29, 1.82) is 0 Å². The molecule has 0 unspecified atom stereocenters. The molecule has 0 saturated heterocycles. The number of halogens is 1. The molecule has 2 aromatic heterocycles. The van der Waals surface area contributed by atoms with Gasteiger partial charge in [-0.1, -0.05) is 60.7 Å². The van der Waals surface area contributed by atoms with Crippen molar-refractivity contribution in [1.82, 2.24) is 9.38 Å². The number of hydrogen-bond donors (Lipinski definition) is 0. The highest BCUT2D eigenvalue weighted by Crippen LogP contribution is 2.35. The smallest absolute Gasteiger partial charge is 0.213 e. The van der Waals surface area contributed by atoms with Gasteiger partial charge in [-0.3, -0.25) is 9.20 Å². The van der Waals surface area contributed by atoms with Gasteiger partial charge in [-0.2, -0.15) is 0 Å². The molecule has 0 spiro atoms. The number of hydrogen-bond acceptors (Lipinski definition) is 4. The van der Waals surface area contributed by atoms with E-state index in [0.717, 1.165) is 33.2 Å². The maximum atomic E-state index is 13.4. The molecule has 0 bridgehead atoms. The van der Waals surface area contributed by atoms with E-state index in [4.69, 9.17) is 9.72 Å². The van der Waals surface area contributed by atoms with Crippen LogP contribution in [0, 0.1) is 0 Å². The number of ketones is 1. The van der Waals surface area contributed by atoms with E-state index in [1.807, 2.05) is 91.9 Å². The molecule has 0 aliphatic rings. The fourth-order valence-corrected chi connectivity index (χ4v) is 4.59. The summed E-state index contributed by atoms with van der Waals surface area (Å²) in [5.74, 6) is 0.763. The number of nitrogens with zero attached hydrogens (tertiary/aromatic N) is 2. The molecule has 160 valence electrons. The highest BCUT2D eigenvalue weighted by molar-refractivity contribution is 8.93. The standard InChI is InChI=1S/C26H20N2O2S.BrH/c1-2-30-21-15-13-18(14-16-21)22-17-31-26-27-23(25(29)20-11-7-4-8-12-20)24(28(22)26)19-9-5-3-6-10-19;/h3-17H,2H2,1H3;1H. The summed E-state index contributed by atoms with van der Waals surface area (Å²) < 4.78 is 7.67. The molecule has 4 nitrogen and oxygen atoms in total. The molecular weight excluding hydrogens is 484 g/mol. The quantitative estimate of drug-likeness (QED) is 0.235. The Morgan fingerprint density at radius 3 is 2.22 bits per heavy atom. The lowest BCUT2D eigenvalue weighted by Gasteiger charge is -2.08. The van der Waals surface area contributed by atoms with Crippen LogP contribution < -0.4 is 4.74 Å². The summed E-state index contributed by atoms with van der Waals surface area (Å²) in [6.07, 6.45) is 0. The normalized spacial score (nSPS) is 10.7. The first-order chi connectivity index (χ1) is 15.3. The van der Waals surface area contributed by atoms with Crippen LogP contribution in [0.5, 0.6) is 5.75 Å². The summed E-state index contributed by atoms with van der Waals surface area (Å²) in [6, 6.07) is 27.3. The Morgan fingerprint density at radius 1 is 0.906 bits per heavy atom. The van der Waals surface area contributed by atoms with E-state index in [1.165, 1.54) is 11.3 Å². The van der Waals surface area contributed by atoms with Crippen LogP contribution in [0.2, 0.25) is 0 Å². The first-order valence-electron chi connectivity index (χ1n) is 10.1. The van der Waals surface area contributed by atoms with Gasteiger partial charge in [0.05, 0.1) is 18.0 Å². The molecule has 6 heteroatoms. The molecule has 0 N–H and O–H groups in total. The molecule has 3 aromatic carbocycles. The SMILES string of the molecule is Br.CCOc1ccc(-c2csc3nc(C(=O)c4ccccc4)c(-c4ccccc4)n23)cc1. The minimum absolute atomic E-state index is 0. The Morgan fingerprint density at radius 2 is 1.56 bits per heavy atom. The lowest BCUT2D eigenvalue weighted by molar-refractivity contribution is 0.103. The second-order valence-corrected chi connectivity index (χ2v) is 7.90. The second kappa shape index (κ2) is 9.51. The second-order valence-electron chi connectivity index (χ2n) is 7.07. The Labute approximate surface area is 200 Å². The predicted molar refractivity (Wildman–Crippen MR) is 135 cm³/mol. The molecule has 5 aromatic rings. The largest absolute Gasteiger partial charge is 0.494 e. The van der Waals surface area contributed by atoms with Gasteiger partial charge in [-0.05, 0) is 36.8 Å². The average molecular weight is 505 g/mol. The highest BCUT2D eigenvalue weighted by atomic mass is 79.9. The first kappa shape index (κ1) is 22.0. The van der Waals surface area contributed by atoms with Crippen molar-refractivity contribution < 1.29 is 9.53 Å². The van der Waals surface area contributed by atoms with Crippen LogP contribution in [0.15, 0.2) is 90.3 Å². The van der Waals surface area contributed by atoms with Gasteiger partial charge in [0.2, 0.25) is 5.78 Å². The van der Waals surface area contributed by atoms with Crippen molar-refractivity contribution in [2.45, 2.75) is 6.92 Å². The first-order valence-corrected chi connectivity index (χ1v) is 11.0. The zero-order valence-corrected chi connectivity index (χ0v) is 19.9. The van der Waals surface area contributed by atoms with E-state index in [0.29, 0.717) is 17.9 Å². The number of aromatic nitrogens is 2. The van der Waals surface area contributed by atoms with Crippen molar-refractivity contribution in [3.05, 3.63) is 102 Å².